The summed E-state index contributed by atoms with van der Waals surface area (Å²) in [5.74, 6) is -0.544. The second-order valence-corrected chi connectivity index (χ2v) is 4.39. The van der Waals surface area contributed by atoms with Crippen LogP contribution in [0.5, 0.6) is 0 Å². The maximum Gasteiger partial charge on any atom is 0.416 e. The number of alkyl halides is 5. The molecule has 2 amide bonds. The maximum atomic E-state index is 12.7. The predicted molar refractivity (Wildman–Crippen MR) is 60.4 cm³/mol. The minimum Gasteiger partial charge on any atom is -0.371 e. The zero-order valence-corrected chi connectivity index (χ0v) is 10.6. The van der Waals surface area contributed by atoms with Crippen LogP contribution in [0.3, 0.4) is 0 Å². The average molecular weight is 311 g/mol. The van der Waals surface area contributed by atoms with Crippen LogP contribution in [-0.2, 0) is 6.18 Å². The van der Waals surface area contributed by atoms with Gasteiger partial charge in [-0.3, -0.25) is 4.90 Å². The molecule has 21 heavy (non-hydrogen) atoms. The number of nitrogens with zero attached hydrogens (tertiary/aromatic N) is 3. The lowest BCUT2D eigenvalue weighted by molar-refractivity contribution is -0.137. The fourth-order valence-electron chi connectivity index (χ4n) is 1.99. The van der Waals surface area contributed by atoms with Crippen LogP contribution in [-0.4, -0.2) is 39.8 Å². The molecule has 1 aliphatic rings. The summed E-state index contributed by atoms with van der Waals surface area (Å²) in [4.78, 5) is 15.8. The first-order valence-corrected chi connectivity index (χ1v) is 5.75. The maximum absolute atomic E-state index is 12.7. The number of aliphatic hydroxyl groups excluding tert-OH is 1. The zero-order chi connectivity index (χ0) is 15.9. The van der Waals surface area contributed by atoms with Crippen molar-refractivity contribution in [1.29, 1.82) is 0 Å². The third-order valence-electron chi connectivity index (χ3n) is 3.09. The van der Waals surface area contributed by atoms with Crippen LogP contribution in [0.4, 0.5) is 32.6 Å². The Labute approximate surface area is 115 Å². The number of aromatic nitrogens is 1. The molecule has 1 N–H and O–H groups in total. The van der Waals surface area contributed by atoms with Gasteiger partial charge in [-0.25, -0.2) is 14.7 Å². The number of carbonyl (C=O) groups is 1. The molecule has 2 heterocycles. The Hall–Kier alpha value is -1.97. The summed E-state index contributed by atoms with van der Waals surface area (Å²) in [5, 5.41) is 9.80. The number of carbonyl (C=O) groups excluding carboxylic acids is 1. The molecule has 1 saturated heterocycles. The number of aliphatic hydroxyl groups is 1. The zero-order valence-electron chi connectivity index (χ0n) is 10.6. The summed E-state index contributed by atoms with van der Waals surface area (Å²) in [5.41, 5.74) is -1.10. The number of hydrogen-bond donors (Lipinski definition) is 1. The molecular weight excluding hydrogens is 301 g/mol. The molecule has 0 bridgehead atoms. The van der Waals surface area contributed by atoms with Crippen LogP contribution in [0.2, 0.25) is 0 Å². The quantitative estimate of drug-likeness (QED) is 0.673. The second kappa shape index (κ2) is 5.10. The molecule has 1 aromatic rings. The molecule has 116 valence electrons. The first-order chi connectivity index (χ1) is 9.64. The van der Waals surface area contributed by atoms with E-state index in [9.17, 15) is 31.9 Å². The van der Waals surface area contributed by atoms with Gasteiger partial charge < -0.3 is 5.11 Å². The monoisotopic (exact) mass is 311 g/mol. The van der Waals surface area contributed by atoms with E-state index in [-0.39, 0.29) is 4.90 Å². The Bertz CT molecular complexity index is 551. The number of hydrogen-bond acceptors (Lipinski definition) is 3. The topological polar surface area (TPSA) is 56.7 Å². The lowest BCUT2D eigenvalue weighted by Gasteiger charge is -2.19. The minimum absolute atomic E-state index is 0.0760. The Morgan fingerprint density at radius 3 is 2.48 bits per heavy atom. The van der Waals surface area contributed by atoms with E-state index in [1.807, 2.05) is 0 Å². The van der Waals surface area contributed by atoms with Crippen molar-refractivity contribution in [3.63, 3.8) is 0 Å². The largest absolute Gasteiger partial charge is 0.416 e. The highest BCUT2D eigenvalue weighted by molar-refractivity contribution is 5.94. The Morgan fingerprint density at radius 2 is 2.00 bits per heavy atom. The number of rotatable bonds is 2. The summed E-state index contributed by atoms with van der Waals surface area (Å²) in [6.07, 6.45) is -5.62. The lowest BCUT2D eigenvalue weighted by Crippen LogP contribution is -2.38. The van der Waals surface area contributed by atoms with Gasteiger partial charge in [-0.1, -0.05) is 0 Å². The molecule has 2 atom stereocenters. The number of amides is 2. The van der Waals surface area contributed by atoms with E-state index in [1.165, 1.54) is 0 Å². The third-order valence-corrected chi connectivity index (χ3v) is 3.09. The number of anilines is 1. The summed E-state index contributed by atoms with van der Waals surface area (Å²) < 4.78 is 63.3. The van der Waals surface area contributed by atoms with E-state index in [0.717, 1.165) is 13.1 Å². The van der Waals surface area contributed by atoms with Crippen LogP contribution in [0.15, 0.2) is 18.3 Å². The normalized spacial score (nSPS) is 23.3. The average Bonchev–Trinajstić information content (AvgIpc) is 2.59. The predicted octanol–water partition coefficient (Wildman–Crippen LogP) is 2.27. The summed E-state index contributed by atoms with van der Waals surface area (Å²) in [7, 11) is 0. The molecule has 0 aromatic carbocycles. The SMILES string of the molecule is CC1C(O)N(c2cc(C(F)(F)F)ccn2)C(=O)N1C(F)F. The van der Waals surface area contributed by atoms with Gasteiger partial charge in [0.05, 0.1) is 11.6 Å². The molecular formula is C11H10F5N3O2. The number of pyridine rings is 1. The van der Waals surface area contributed by atoms with E-state index in [1.54, 1.807) is 0 Å². The Morgan fingerprint density at radius 1 is 1.38 bits per heavy atom. The first kappa shape index (κ1) is 15.4. The van der Waals surface area contributed by atoms with Crippen LogP contribution in [0, 0.1) is 0 Å². The van der Waals surface area contributed by atoms with Gasteiger partial charge in [-0.15, -0.1) is 0 Å². The molecule has 1 aromatic heterocycles. The van der Waals surface area contributed by atoms with Crippen molar-refractivity contribution in [2.45, 2.75) is 31.9 Å². The summed E-state index contributed by atoms with van der Waals surface area (Å²) in [6.45, 7) is -2.03. The van der Waals surface area contributed by atoms with Crippen molar-refractivity contribution in [2.24, 2.45) is 0 Å². The fraction of sp³-hybridized carbons (Fsp3) is 0.455. The third kappa shape index (κ3) is 2.62. The lowest BCUT2D eigenvalue weighted by atomic mass is 10.2. The highest BCUT2D eigenvalue weighted by Gasteiger charge is 2.48. The molecule has 2 unspecified atom stereocenters. The van der Waals surface area contributed by atoms with Gasteiger partial charge in [0, 0.05) is 6.20 Å². The molecule has 10 heteroatoms. The molecule has 1 fully saturated rings. The van der Waals surface area contributed by atoms with Crippen LogP contribution in [0.1, 0.15) is 12.5 Å². The molecule has 0 spiro atoms. The van der Waals surface area contributed by atoms with Gasteiger partial charge in [-0.2, -0.15) is 22.0 Å². The molecule has 0 aliphatic carbocycles. The van der Waals surface area contributed by atoms with Gasteiger partial charge in [0.1, 0.15) is 5.82 Å². The van der Waals surface area contributed by atoms with Crippen molar-refractivity contribution in [1.82, 2.24) is 9.88 Å². The van der Waals surface area contributed by atoms with Crippen molar-refractivity contribution in [3.05, 3.63) is 23.9 Å². The Kier molecular flexibility index (Phi) is 3.74. The van der Waals surface area contributed by atoms with Gasteiger partial charge in [-0.05, 0) is 19.1 Å². The smallest absolute Gasteiger partial charge is 0.371 e. The van der Waals surface area contributed by atoms with Crippen LogP contribution < -0.4 is 4.90 Å². The van der Waals surface area contributed by atoms with Crippen LogP contribution >= 0.6 is 0 Å². The molecule has 2 rings (SSSR count). The molecule has 0 saturated carbocycles. The summed E-state index contributed by atoms with van der Waals surface area (Å²) in [6, 6.07) is -1.40. The highest BCUT2D eigenvalue weighted by atomic mass is 19.4. The van der Waals surface area contributed by atoms with Crippen LogP contribution in [0.25, 0.3) is 0 Å². The van der Waals surface area contributed by atoms with Gasteiger partial charge in [0.15, 0.2) is 6.23 Å². The van der Waals surface area contributed by atoms with E-state index in [0.29, 0.717) is 17.0 Å². The fourth-order valence-corrected chi connectivity index (χ4v) is 1.99. The van der Waals surface area contributed by atoms with Gasteiger partial charge >= 0.3 is 18.8 Å². The highest BCUT2D eigenvalue weighted by Crippen LogP contribution is 2.34. The van der Waals surface area contributed by atoms with E-state index in [4.69, 9.17) is 0 Å². The van der Waals surface area contributed by atoms with E-state index >= 15 is 0 Å². The number of urea groups is 1. The van der Waals surface area contributed by atoms with E-state index in [2.05, 4.69) is 4.98 Å². The molecule has 0 radical (unpaired) electrons. The minimum atomic E-state index is -4.68. The standard InChI is InChI=1S/C11H10F5N3O2/c1-5-8(20)19(10(21)18(5)9(12)13)7-4-6(2-3-17-7)11(14,15)16/h2-5,8-9,20H,1H3. The summed E-state index contributed by atoms with van der Waals surface area (Å²) >= 11 is 0. The number of halogens is 5. The van der Waals surface area contributed by atoms with Crippen molar-refractivity contribution < 1.29 is 31.9 Å². The van der Waals surface area contributed by atoms with Crippen molar-refractivity contribution in [2.75, 3.05) is 4.90 Å². The van der Waals surface area contributed by atoms with Crippen molar-refractivity contribution in [3.8, 4) is 0 Å². The van der Waals surface area contributed by atoms with E-state index < -0.39 is 42.4 Å². The van der Waals surface area contributed by atoms with Crippen molar-refractivity contribution >= 4 is 11.8 Å². The molecule has 5 nitrogen and oxygen atoms in total. The van der Waals surface area contributed by atoms with Gasteiger partial charge in [0.25, 0.3) is 0 Å². The first-order valence-electron chi connectivity index (χ1n) is 5.75. The molecule has 1 aliphatic heterocycles. The Balaban J connectivity index is 2.40. The second-order valence-electron chi connectivity index (χ2n) is 4.39. The van der Waals surface area contributed by atoms with Gasteiger partial charge in [0.2, 0.25) is 0 Å².